The third-order valence-electron chi connectivity index (χ3n) is 4.76. The van der Waals surface area contributed by atoms with Gasteiger partial charge in [-0.1, -0.05) is 13.3 Å². The Morgan fingerprint density at radius 3 is 2.67 bits per heavy atom. The van der Waals surface area contributed by atoms with Crippen LogP contribution in [-0.4, -0.2) is 61.9 Å². The molecule has 1 aromatic heterocycles. The van der Waals surface area contributed by atoms with Gasteiger partial charge in [-0.3, -0.25) is 4.79 Å². The minimum absolute atomic E-state index is 0.107. The van der Waals surface area contributed by atoms with Crippen molar-refractivity contribution in [3.63, 3.8) is 0 Å². The molecule has 8 heteroatoms. The summed E-state index contributed by atoms with van der Waals surface area (Å²) in [5.41, 5.74) is 0.616. The lowest BCUT2D eigenvalue weighted by Gasteiger charge is -2.28. The maximum absolute atomic E-state index is 12.3. The molecule has 1 aliphatic rings. The zero-order chi connectivity index (χ0) is 21.2. The van der Waals surface area contributed by atoms with Gasteiger partial charge in [0, 0.05) is 37.8 Å². The molecular formula is C22H31N5O3. The second kappa shape index (κ2) is 11.3. The first kappa shape index (κ1) is 21.8. The summed E-state index contributed by atoms with van der Waals surface area (Å²) in [5, 5.41) is 6.19. The molecule has 1 saturated heterocycles. The highest BCUT2D eigenvalue weighted by atomic mass is 16.5. The highest BCUT2D eigenvalue weighted by Crippen LogP contribution is 2.17. The Morgan fingerprint density at radius 1 is 1.17 bits per heavy atom. The van der Waals surface area contributed by atoms with Gasteiger partial charge in [0.1, 0.15) is 23.2 Å². The predicted octanol–water partition coefficient (Wildman–Crippen LogP) is 2.64. The second-order valence-corrected chi connectivity index (χ2v) is 7.17. The molecule has 8 nitrogen and oxygen atoms in total. The number of nitrogens with zero attached hydrogens (tertiary/aromatic N) is 3. The van der Waals surface area contributed by atoms with Crippen molar-refractivity contribution < 1.29 is 14.3 Å². The van der Waals surface area contributed by atoms with E-state index in [1.807, 2.05) is 25.1 Å². The molecule has 0 radical (unpaired) electrons. The number of aromatic nitrogens is 2. The Balaban J connectivity index is 1.44. The zero-order valence-electron chi connectivity index (χ0n) is 17.8. The fraction of sp³-hybridized carbons (Fsp3) is 0.500. The van der Waals surface area contributed by atoms with E-state index in [-0.39, 0.29) is 5.91 Å². The van der Waals surface area contributed by atoms with Gasteiger partial charge in [0.15, 0.2) is 0 Å². The number of carbonyl (C=O) groups is 1. The van der Waals surface area contributed by atoms with E-state index in [2.05, 4.69) is 32.4 Å². The number of rotatable bonds is 10. The minimum atomic E-state index is -0.107. The molecule has 0 saturated carbocycles. The van der Waals surface area contributed by atoms with Gasteiger partial charge in [-0.15, -0.1) is 0 Å². The third kappa shape index (κ3) is 6.59. The number of morpholine rings is 1. The van der Waals surface area contributed by atoms with Gasteiger partial charge in [-0.05, 0) is 37.6 Å². The number of hydrogen-bond donors (Lipinski definition) is 2. The number of amides is 1. The summed E-state index contributed by atoms with van der Waals surface area (Å²) in [6.45, 7) is 8.85. The van der Waals surface area contributed by atoms with Crippen LogP contribution in [0.3, 0.4) is 0 Å². The van der Waals surface area contributed by atoms with Gasteiger partial charge in [-0.2, -0.15) is 0 Å². The molecule has 2 heterocycles. The highest BCUT2D eigenvalue weighted by molar-refractivity contribution is 5.94. The number of carbonyl (C=O) groups excluding carboxylic acids is 1. The minimum Gasteiger partial charge on any atom is -0.494 e. The van der Waals surface area contributed by atoms with E-state index in [1.165, 1.54) is 0 Å². The van der Waals surface area contributed by atoms with Crippen LogP contribution in [0.5, 0.6) is 5.75 Å². The maximum Gasteiger partial charge on any atom is 0.251 e. The average Bonchev–Trinajstić information content (AvgIpc) is 2.77. The molecule has 162 valence electrons. The van der Waals surface area contributed by atoms with Crippen LogP contribution >= 0.6 is 0 Å². The lowest BCUT2D eigenvalue weighted by Crippen LogP contribution is -2.37. The Morgan fingerprint density at radius 2 is 1.93 bits per heavy atom. The molecule has 0 aliphatic carbocycles. The summed E-state index contributed by atoms with van der Waals surface area (Å²) in [5.74, 6) is 3.05. The standard InChI is InChI=1S/C22H31N5O3/c1-3-4-13-30-19-7-5-18(6-8-19)22(28)24-10-9-23-20-16-21(26-17(2)25-20)27-11-14-29-15-12-27/h5-8,16H,3-4,9-15H2,1-2H3,(H,24,28)(H,23,25,26). The third-order valence-corrected chi connectivity index (χ3v) is 4.76. The smallest absolute Gasteiger partial charge is 0.251 e. The number of benzene rings is 1. The van der Waals surface area contributed by atoms with Crippen LogP contribution in [0.1, 0.15) is 35.9 Å². The van der Waals surface area contributed by atoms with Crippen LogP contribution < -0.4 is 20.3 Å². The van der Waals surface area contributed by atoms with Crippen molar-refractivity contribution in [3.05, 3.63) is 41.7 Å². The zero-order valence-corrected chi connectivity index (χ0v) is 17.8. The molecule has 30 heavy (non-hydrogen) atoms. The summed E-state index contributed by atoms with van der Waals surface area (Å²) in [4.78, 5) is 23.5. The quantitative estimate of drug-likeness (QED) is 0.579. The normalized spacial score (nSPS) is 13.7. The van der Waals surface area contributed by atoms with Crippen molar-refractivity contribution in [2.24, 2.45) is 0 Å². The van der Waals surface area contributed by atoms with Gasteiger partial charge in [0.05, 0.1) is 19.8 Å². The lowest BCUT2D eigenvalue weighted by atomic mass is 10.2. The van der Waals surface area contributed by atoms with Crippen molar-refractivity contribution in [1.29, 1.82) is 0 Å². The number of anilines is 2. The first-order valence-corrected chi connectivity index (χ1v) is 10.6. The molecule has 1 amide bonds. The summed E-state index contributed by atoms with van der Waals surface area (Å²) < 4.78 is 11.0. The molecule has 1 fully saturated rings. The van der Waals surface area contributed by atoms with Gasteiger partial charge >= 0.3 is 0 Å². The van der Waals surface area contributed by atoms with Crippen molar-refractivity contribution >= 4 is 17.5 Å². The van der Waals surface area contributed by atoms with Gasteiger partial charge in [0.2, 0.25) is 0 Å². The average molecular weight is 414 g/mol. The number of aryl methyl sites for hydroxylation is 1. The molecular weight excluding hydrogens is 382 g/mol. The molecule has 1 aromatic carbocycles. The fourth-order valence-corrected chi connectivity index (χ4v) is 3.10. The van der Waals surface area contributed by atoms with Crippen LogP contribution in [-0.2, 0) is 4.74 Å². The Bertz CT molecular complexity index is 807. The molecule has 0 unspecified atom stereocenters. The van der Waals surface area contributed by atoms with Crippen LogP contribution in [0.2, 0.25) is 0 Å². The van der Waals surface area contributed by atoms with E-state index in [0.29, 0.717) is 44.3 Å². The fourth-order valence-electron chi connectivity index (χ4n) is 3.10. The van der Waals surface area contributed by atoms with Crippen molar-refractivity contribution in [2.45, 2.75) is 26.7 Å². The van der Waals surface area contributed by atoms with E-state index in [1.54, 1.807) is 12.1 Å². The molecule has 1 aliphatic heterocycles. The van der Waals surface area contributed by atoms with Crippen molar-refractivity contribution in [1.82, 2.24) is 15.3 Å². The lowest BCUT2D eigenvalue weighted by molar-refractivity contribution is 0.0955. The molecule has 0 bridgehead atoms. The van der Waals surface area contributed by atoms with Crippen molar-refractivity contribution in [2.75, 3.05) is 56.2 Å². The Kier molecular flexibility index (Phi) is 8.26. The molecule has 3 rings (SSSR count). The number of hydrogen-bond acceptors (Lipinski definition) is 7. The highest BCUT2D eigenvalue weighted by Gasteiger charge is 2.14. The van der Waals surface area contributed by atoms with Crippen LogP contribution in [0.4, 0.5) is 11.6 Å². The van der Waals surface area contributed by atoms with E-state index in [4.69, 9.17) is 9.47 Å². The maximum atomic E-state index is 12.3. The first-order valence-electron chi connectivity index (χ1n) is 10.6. The number of ether oxygens (including phenoxy) is 2. The van der Waals surface area contributed by atoms with Gasteiger partial charge in [-0.25, -0.2) is 9.97 Å². The van der Waals surface area contributed by atoms with Crippen LogP contribution in [0.15, 0.2) is 30.3 Å². The topological polar surface area (TPSA) is 88.6 Å². The summed E-state index contributed by atoms with van der Waals surface area (Å²) in [6, 6.07) is 9.18. The van der Waals surface area contributed by atoms with Gasteiger partial charge < -0.3 is 25.0 Å². The summed E-state index contributed by atoms with van der Waals surface area (Å²) >= 11 is 0. The first-order chi connectivity index (χ1) is 14.7. The Hall–Kier alpha value is -2.87. The van der Waals surface area contributed by atoms with Gasteiger partial charge in [0.25, 0.3) is 5.91 Å². The van der Waals surface area contributed by atoms with E-state index in [0.717, 1.165) is 43.3 Å². The van der Waals surface area contributed by atoms with Crippen molar-refractivity contribution in [3.8, 4) is 5.75 Å². The molecule has 2 N–H and O–H groups in total. The van der Waals surface area contributed by atoms with E-state index < -0.39 is 0 Å². The SMILES string of the molecule is CCCCOc1ccc(C(=O)NCCNc2cc(N3CCOCC3)nc(C)n2)cc1. The molecule has 2 aromatic rings. The van der Waals surface area contributed by atoms with E-state index in [9.17, 15) is 4.79 Å². The largest absolute Gasteiger partial charge is 0.494 e. The molecule has 0 spiro atoms. The number of nitrogens with one attached hydrogen (secondary N) is 2. The van der Waals surface area contributed by atoms with Crippen LogP contribution in [0.25, 0.3) is 0 Å². The summed E-state index contributed by atoms with van der Waals surface area (Å²) in [6.07, 6.45) is 2.12. The summed E-state index contributed by atoms with van der Waals surface area (Å²) in [7, 11) is 0. The van der Waals surface area contributed by atoms with Crippen LogP contribution in [0, 0.1) is 6.92 Å². The molecule has 0 atom stereocenters. The monoisotopic (exact) mass is 413 g/mol. The Labute approximate surface area is 178 Å². The van der Waals surface area contributed by atoms with E-state index >= 15 is 0 Å². The second-order valence-electron chi connectivity index (χ2n) is 7.17. The number of unbranched alkanes of at least 4 members (excludes halogenated alkanes) is 1. The predicted molar refractivity (Wildman–Crippen MR) is 117 cm³/mol.